The summed E-state index contributed by atoms with van der Waals surface area (Å²) in [7, 11) is 0. The SMILES string of the molecule is CC(=O)OCC1=C(C(=O)O)N2C(=O)C(NC(=O)CC3=CSCSC3)C2SC1. The van der Waals surface area contributed by atoms with E-state index in [1.54, 1.807) is 23.5 Å². The van der Waals surface area contributed by atoms with Crippen LogP contribution >= 0.6 is 35.3 Å². The van der Waals surface area contributed by atoms with Gasteiger partial charge in [0.25, 0.3) is 5.91 Å². The summed E-state index contributed by atoms with van der Waals surface area (Å²) in [4.78, 5) is 48.5. The van der Waals surface area contributed by atoms with Crippen molar-refractivity contribution in [2.24, 2.45) is 0 Å². The number of aliphatic carboxylic acids is 1. The highest BCUT2D eigenvalue weighted by Crippen LogP contribution is 2.40. The molecule has 3 aliphatic heterocycles. The minimum atomic E-state index is -1.25. The summed E-state index contributed by atoms with van der Waals surface area (Å²) < 4.78 is 4.89. The Bertz CT molecular complexity index is 750. The third-order valence-corrected chi connectivity index (χ3v) is 7.72. The third-order valence-electron chi connectivity index (χ3n) is 4.09. The first-order valence-electron chi connectivity index (χ1n) is 8.08. The quantitative estimate of drug-likeness (QED) is 0.471. The molecule has 0 spiro atoms. The molecule has 0 aliphatic carbocycles. The summed E-state index contributed by atoms with van der Waals surface area (Å²) in [6.45, 7) is 1.07. The summed E-state index contributed by atoms with van der Waals surface area (Å²) in [6.07, 6.45) is 0.237. The van der Waals surface area contributed by atoms with Gasteiger partial charge < -0.3 is 15.2 Å². The number of nitrogens with zero attached hydrogens (tertiary/aromatic N) is 1. The first-order chi connectivity index (χ1) is 12.9. The number of amides is 2. The predicted octanol–water partition coefficient (Wildman–Crippen LogP) is 1.000. The van der Waals surface area contributed by atoms with Gasteiger partial charge in [0.15, 0.2) is 0 Å². The van der Waals surface area contributed by atoms with E-state index in [-0.39, 0.29) is 24.6 Å². The topological polar surface area (TPSA) is 113 Å². The standard InChI is InChI=1S/C16H18N2O6S3/c1-8(19)24-3-10-6-27-15-12(14(21)18(15)13(10)16(22)23)17-11(20)2-9-4-25-7-26-5-9/h4,12,15H,2-3,5-7H2,1H3,(H,17,20)(H,22,23). The number of carbonyl (C=O) groups is 4. The van der Waals surface area contributed by atoms with Crippen molar-refractivity contribution in [1.82, 2.24) is 10.2 Å². The van der Waals surface area contributed by atoms with Gasteiger partial charge >= 0.3 is 11.9 Å². The molecule has 0 aromatic heterocycles. The fraction of sp³-hybridized carbons (Fsp3) is 0.500. The first kappa shape index (κ1) is 20.2. The summed E-state index contributed by atoms with van der Waals surface area (Å²) in [5, 5.41) is 14.7. The molecule has 11 heteroatoms. The van der Waals surface area contributed by atoms with Gasteiger partial charge in [0.2, 0.25) is 5.91 Å². The number of hydrogen-bond acceptors (Lipinski definition) is 8. The second kappa shape index (κ2) is 8.61. The number of β-lactam (4-membered cyclic amide) rings is 1. The summed E-state index contributed by atoms with van der Waals surface area (Å²) >= 11 is 4.74. The number of carbonyl (C=O) groups excluding carboxylic acids is 3. The monoisotopic (exact) mass is 430 g/mol. The molecule has 2 amide bonds. The van der Waals surface area contributed by atoms with E-state index in [1.165, 1.54) is 23.6 Å². The fourth-order valence-electron chi connectivity index (χ4n) is 2.91. The maximum absolute atomic E-state index is 12.5. The van der Waals surface area contributed by atoms with E-state index in [0.29, 0.717) is 11.3 Å². The average molecular weight is 431 g/mol. The maximum Gasteiger partial charge on any atom is 0.352 e. The number of carboxylic acids is 1. The molecule has 0 saturated carbocycles. The zero-order valence-corrected chi connectivity index (χ0v) is 16.9. The maximum atomic E-state index is 12.5. The van der Waals surface area contributed by atoms with Gasteiger partial charge in [-0.05, 0) is 11.0 Å². The highest BCUT2D eigenvalue weighted by molar-refractivity contribution is 8.18. The number of rotatable bonds is 6. The van der Waals surface area contributed by atoms with Crippen LogP contribution in [-0.2, 0) is 23.9 Å². The molecule has 0 aromatic rings. The molecule has 0 radical (unpaired) electrons. The van der Waals surface area contributed by atoms with Crippen molar-refractivity contribution < 1.29 is 29.0 Å². The lowest BCUT2D eigenvalue weighted by molar-refractivity contribution is -0.151. The van der Waals surface area contributed by atoms with Crippen LogP contribution in [0.1, 0.15) is 13.3 Å². The van der Waals surface area contributed by atoms with Crippen molar-refractivity contribution >= 4 is 59.0 Å². The van der Waals surface area contributed by atoms with Crippen molar-refractivity contribution in [1.29, 1.82) is 0 Å². The van der Waals surface area contributed by atoms with E-state index in [0.717, 1.165) is 16.4 Å². The van der Waals surface area contributed by atoms with Crippen molar-refractivity contribution in [3.8, 4) is 0 Å². The molecule has 3 heterocycles. The molecule has 3 aliphatic rings. The van der Waals surface area contributed by atoms with Gasteiger partial charge in [-0.1, -0.05) is 0 Å². The lowest BCUT2D eigenvalue weighted by atomic mass is 10.0. The van der Waals surface area contributed by atoms with E-state index < -0.39 is 29.3 Å². The number of thioether (sulfide) groups is 3. The Hall–Kier alpha value is -1.59. The highest BCUT2D eigenvalue weighted by atomic mass is 32.2. The molecule has 27 heavy (non-hydrogen) atoms. The number of hydrogen-bond donors (Lipinski definition) is 2. The molecule has 2 N–H and O–H groups in total. The van der Waals surface area contributed by atoms with Crippen molar-refractivity contribution in [3.63, 3.8) is 0 Å². The summed E-state index contributed by atoms with van der Waals surface area (Å²) in [5.41, 5.74) is 1.24. The van der Waals surface area contributed by atoms with Gasteiger partial charge in [-0.2, -0.15) is 0 Å². The first-order valence-corrected chi connectivity index (χ1v) is 11.3. The molecule has 1 fully saturated rings. The van der Waals surface area contributed by atoms with Crippen LogP contribution in [0.15, 0.2) is 22.3 Å². The predicted molar refractivity (Wildman–Crippen MR) is 104 cm³/mol. The number of nitrogens with one attached hydrogen (secondary N) is 1. The molecule has 1 saturated heterocycles. The van der Waals surface area contributed by atoms with Gasteiger partial charge in [0.05, 0.1) is 0 Å². The number of ether oxygens (including phenoxy) is 1. The Kier molecular flexibility index (Phi) is 6.43. The minimum Gasteiger partial charge on any atom is -0.477 e. The van der Waals surface area contributed by atoms with Gasteiger partial charge in [-0.25, -0.2) is 4.79 Å². The van der Waals surface area contributed by atoms with Crippen LogP contribution in [-0.4, -0.2) is 68.4 Å². The Balaban J connectivity index is 1.66. The molecule has 2 unspecified atom stereocenters. The molecule has 0 aromatic carbocycles. The molecular formula is C16H18N2O6S3. The van der Waals surface area contributed by atoms with Crippen LogP contribution in [0.4, 0.5) is 0 Å². The molecule has 146 valence electrons. The van der Waals surface area contributed by atoms with Crippen LogP contribution in [0.3, 0.4) is 0 Å². The highest BCUT2D eigenvalue weighted by Gasteiger charge is 2.54. The van der Waals surface area contributed by atoms with Crippen LogP contribution in [0.5, 0.6) is 0 Å². The van der Waals surface area contributed by atoms with Gasteiger partial charge in [-0.15, -0.1) is 35.3 Å². The van der Waals surface area contributed by atoms with Gasteiger partial charge in [-0.3, -0.25) is 19.3 Å². The fourth-order valence-corrected chi connectivity index (χ4v) is 6.19. The largest absolute Gasteiger partial charge is 0.477 e. The molecule has 8 nitrogen and oxygen atoms in total. The Morgan fingerprint density at radius 3 is 2.78 bits per heavy atom. The zero-order valence-electron chi connectivity index (χ0n) is 14.4. The minimum absolute atomic E-state index is 0.154. The molecule has 0 bridgehead atoms. The number of carboxylic acid groups (broad SMARTS) is 1. The van der Waals surface area contributed by atoms with Crippen LogP contribution in [0.2, 0.25) is 0 Å². The summed E-state index contributed by atoms with van der Waals surface area (Å²) in [5.74, 6) is -1.35. The Labute approximate surface area is 168 Å². The normalized spacial score (nSPS) is 24.6. The van der Waals surface area contributed by atoms with Crippen molar-refractivity contribution in [3.05, 3.63) is 22.3 Å². The molecule has 3 rings (SSSR count). The zero-order chi connectivity index (χ0) is 19.6. The van der Waals surface area contributed by atoms with E-state index in [9.17, 15) is 24.3 Å². The number of fused-ring (bicyclic) bond motifs is 1. The van der Waals surface area contributed by atoms with Gasteiger partial charge in [0.1, 0.15) is 23.7 Å². The van der Waals surface area contributed by atoms with Crippen molar-refractivity contribution in [2.75, 3.05) is 23.2 Å². The summed E-state index contributed by atoms with van der Waals surface area (Å²) in [6, 6.07) is -0.739. The van der Waals surface area contributed by atoms with Crippen LogP contribution in [0.25, 0.3) is 0 Å². The number of esters is 1. The van der Waals surface area contributed by atoms with E-state index >= 15 is 0 Å². The second-order valence-electron chi connectivity index (χ2n) is 6.08. The van der Waals surface area contributed by atoms with E-state index in [1.807, 2.05) is 5.41 Å². The Morgan fingerprint density at radius 2 is 2.15 bits per heavy atom. The lowest BCUT2D eigenvalue weighted by Gasteiger charge is -2.49. The smallest absolute Gasteiger partial charge is 0.352 e. The third kappa shape index (κ3) is 4.46. The molecule has 2 atom stereocenters. The average Bonchev–Trinajstić information content (AvgIpc) is 2.64. The van der Waals surface area contributed by atoms with Gasteiger partial charge in [0, 0.05) is 35.5 Å². The molecular weight excluding hydrogens is 412 g/mol. The lowest BCUT2D eigenvalue weighted by Crippen LogP contribution is -2.70. The van der Waals surface area contributed by atoms with Crippen LogP contribution in [0, 0.1) is 0 Å². The van der Waals surface area contributed by atoms with E-state index in [4.69, 9.17) is 4.74 Å². The van der Waals surface area contributed by atoms with Crippen molar-refractivity contribution in [2.45, 2.75) is 24.8 Å². The Morgan fingerprint density at radius 1 is 1.37 bits per heavy atom. The van der Waals surface area contributed by atoms with E-state index in [2.05, 4.69) is 5.32 Å². The second-order valence-corrected chi connectivity index (χ2v) is 9.39. The van der Waals surface area contributed by atoms with Crippen LogP contribution < -0.4 is 5.32 Å².